The first-order valence-electron chi connectivity index (χ1n) is 7.53. The van der Waals surface area contributed by atoms with Gasteiger partial charge in [0.1, 0.15) is 0 Å². The first-order valence-corrected chi connectivity index (χ1v) is 7.53. The van der Waals surface area contributed by atoms with Crippen molar-refractivity contribution < 1.29 is 0 Å². The van der Waals surface area contributed by atoms with Crippen molar-refractivity contribution in [3.05, 3.63) is 0 Å². The first-order chi connectivity index (χ1) is 7.53. The highest BCUT2D eigenvalue weighted by Gasteiger charge is 2.19. The SMILES string of the molecule is C.CC1CC(C)CC(C)C1.CCC(CC)CC. The molecular weight excluding hydrogens is 204 g/mol. The minimum absolute atomic E-state index is 0. The molecule has 0 aromatic rings. The predicted octanol–water partition coefficient (Wildman–Crippen LogP) is 6.55. The van der Waals surface area contributed by atoms with E-state index in [9.17, 15) is 0 Å². The van der Waals surface area contributed by atoms with Gasteiger partial charge in [0.25, 0.3) is 0 Å². The van der Waals surface area contributed by atoms with Crippen molar-refractivity contribution >= 4 is 0 Å². The zero-order valence-corrected chi connectivity index (χ0v) is 12.6. The van der Waals surface area contributed by atoms with Gasteiger partial charge in [-0.25, -0.2) is 0 Å². The second-order valence-electron chi connectivity index (χ2n) is 6.11. The van der Waals surface area contributed by atoms with Crippen LogP contribution in [0.1, 0.15) is 87.5 Å². The summed E-state index contributed by atoms with van der Waals surface area (Å²) in [6.45, 7) is 13.9. The van der Waals surface area contributed by atoms with Gasteiger partial charge < -0.3 is 0 Å². The second-order valence-corrected chi connectivity index (χ2v) is 6.11. The summed E-state index contributed by atoms with van der Waals surface area (Å²) in [6, 6.07) is 0. The minimum atomic E-state index is 0. The molecule has 0 aromatic heterocycles. The maximum absolute atomic E-state index is 2.38. The van der Waals surface area contributed by atoms with E-state index in [4.69, 9.17) is 0 Å². The van der Waals surface area contributed by atoms with Crippen LogP contribution in [0.25, 0.3) is 0 Å². The molecule has 0 atom stereocenters. The van der Waals surface area contributed by atoms with Crippen molar-refractivity contribution in [1.29, 1.82) is 0 Å². The summed E-state index contributed by atoms with van der Waals surface area (Å²) in [7, 11) is 0. The molecule has 106 valence electrons. The normalized spacial score (nSPS) is 28.1. The molecule has 0 heterocycles. The third-order valence-electron chi connectivity index (χ3n) is 4.15. The smallest absolute Gasteiger partial charge is 0.0422 e. The van der Waals surface area contributed by atoms with Crippen LogP contribution in [0.2, 0.25) is 0 Å². The van der Waals surface area contributed by atoms with E-state index in [0.717, 1.165) is 23.7 Å². The van der Waals surface area contributed by atoms with Crippen LogP contribution in [-0.4, -0.2) is 0 Å². The van der Waals surface area contributed by atoms with Crippen molar-refractivity contribution in [2.75, 3.05) is 0 Å². The van der Waals surface area contributed by atoms with E-state index in [1.807, 2.05) is 0 Å². The van der Waals surface area contributed by atoms with Crippen LogP contribution in [-0.2, 0) is 0 Å². The van der Waals surface area contributed by atoms with Gasteiger partial charge in [0.05, 0.1) is 0 Å². The van der Waals surface area contributed by atoms with Crippen LogP contribution in [0.15, 0.2) is 0 Å². The monoisotopic (exact) mass is 242 g/mol. The Morgan fingerprint density at radius 1 is 0.706 bits per heavy atom. The largest absolute Gasteiger partial charge is 0.0776 e. The molecule has 0 N–H and O–H groups in total. The minimum Gasteiger partial charge on any atom is -0.0776 e. The Labute approximate surface area is 112 Å². The molecule has 0 amide bonds. The first kappa shape index (κ1) is 19.3. The second kappa shape index (κ2) is 11.1. The molecule has 0 aliphatic heterocycles. The van der Waals surface area contributed by atoms with Crippen LogP contribution in [0.3, 0.4) is 0 Å². The summed E-state index contributed by atoms with van der Waals surface area (Å²) in [5.74, 6) is 3.95. The molecule has 1 saturated carbocycles. The maximum Gasteiger partial charge on any atom is -0.0422 e. The van der Waals surface area contributed by atoms with Gasteiger partial charge in [-0.2, -0.15) is 0 Å². The van der Waals surface area contributed by atoms with Crippen LogP contribution in [0.4, 0.5) is 0 Å². The van der Waals surface area contributed by atoms with E-state index in [1.165, 1.54) is 38.5 Å². The summed E-state index contributed by atoms with van der Waals surface area (Å²) in [5.41, 5.74) is 0. The third kappa shape index (κ3) is 9.68. The quantitative estimate of drug-likeness (QED) is 0.526. The molecule has 0 nitrogen and oxygen atoms in total. The molecule has 0 heteroatoms. The molecule has 1 aliphatic carbocycles. The van der Waals surface area contributed by atoms with E-state index in [-0.39, 0.29) is 7.43 Å². The van der Waals surface area contributed by atoms with Crippen LogP contribution in [0, 0.1) is 23.7 Å². The molecule has 0 aromatic carbocycles. The highest BCUT2D eigenvalue weighted by Crippen LogP contribution is 2.31. The highest BCUT2D eigenvalue weighted by atomic mass is 14.3. The van der Waals surface area contributed by atoms with Crippen LogP contribution >= 0.6 is 0 Å². The summed E-state index contributed by atoms with van der Waals surface area (Å²) in [6.07, 6.45) is 8.45. The number of rotatable bonds is 3. The Hall–Kier alpha value is 0. The summed E-state index contributed by atoms with van der Waals surface area (Å²) < 4.78 is 0. The molecule has 1 fully saturated rings. The van der Waals surface area contributed by atoms with E-state index < -0.39 is 0 Å². The fraction of sp³-hybridized carbons (Fsp3) is 1.00. The third-order valence-corrected chi connectivity index (χ3v) is 4.15. The summed E-state index contributed by atoms with van der Waals surface area (Å²) in [4.78, 5) is 0. The fourth-order valence-corrected chi connectivity index (χ4v) is 3.22. The molecule has 0 saturated heterocycles. The van der Waals surface area contributed by atoms with Crippen molar-refractivity contribution in [2.45, 2.75) is 87.5 Å². The van der Waals surface area contributed by atoms with Gasteiger partial charge in [-0.05, 0) is 42.9 Å². The fourth-order valence-electron chi connectivity index (χ4n) is 3.22. The van der Waals surface area contributed by atoms with Gasteiger partial charge in [-0.3, -0.25) is 0 Å². The zero-order valence-electron chi connectivity index (χ0n) is 12.6. The van der Waals surface area contributed by atoms with Crippen molar-refractivity contribution in [3.63, 3.8) is 0 Å². The number of hydrogen-bond donors (Lipinski definition) is 0. The molecule has 0 bridgehead atoms. The lowest BCUT2D eigenvalue weighted by molar-refractivity contribution is 0.233. The average Bonchev–Trinajstić information content (AvgIpc) is 2.19. The number of hydrogen-bond acceptors (Lipinski definition) is 0. The topological polar surface area (TPSA) is 0 Å². The molecule has 0 radical (unpaired) electrons. The highest BCUT2D eigenvalue weighted by molar-refractivity contribution is 4.71. The van der Waals surface area contributed by atoms with Crippen LogP contribution < -0.4 is 0 Å². The van der Waals surface area contributed by atoms with Gasteiger partial charge in [-0.1, -0.05) is 68.2 Å². The Balaban J connectivity index is 0. The van der Waals surface area contributed by atoms with Gasteiger partial charge >= 0.3 is 0 Å². The van der Waals surface area contributed by atoms with E-state index >= 15 is 0 Å². The summed E-state index contributed by atoms with van der Waals surface area (Å²) in [5, 5.41) is 0. The molecule has 17 heavy (non-hydrogen) atoms. The lowest BCUT2D eigenvalue weighted by Crippen LogP contribution is -2.16. The lowest BCUT2D eigenvalue weighted by atomic mass is 9.78. The van der Waals surface area contributed by atoms with E-state index in [1.54, 1.807) is 0 Å². The van der Waals surface area contributed by atoms with Crippen molar-refractivity contribution in [1.82, 2.24) is 0 Å². The summed E-state index contributed by atoms with van der Waals surface area (Å²) >= 11 is 0. The lowest BCUT2D eigenvalue weighted by Gasteiger charge is -2.28. The zero-order chi connectivity index (χ0) is 12.6. The Morgan fingerprint density at radius 3 is 1.06 bits per heavy atom. The Kier molecular flexibility index (Phi) is 12.6. The van der Waals surface area contributed by atoms with Crippen LogP contribution in [0.5, 0.6) is 0 Å². The van der Waals surface area contributed by atoms with Gasteiger partial charge in [-0.15, -0.1) is 0 Å². The molecule has 0 spiro atoms. The predicted molar refractivity (Wildman–Crippen MR) is 82.4 cm³/mol. The molecule has 0 unspecified atom stereocenters. The Bertz CT molecular complexity index is 116. The average molecular weight is 242 g/mol. The Morgan fingerprint density at radius 2 is 0.941 bits per heavy atom. The van der Waals surface area contributed by atoms with Gasteiger partial charge in [0.2, 0.25) is 0 Å². The molecule has 1 aliphatic rings. The molecule has 1 rings (SSSR count). The van der Waals surface area contributed by atoms with Gasteiger partial charge in [0.15, 0.2) is 0 Å². The standard InChI is InChI=1S/C9H18.C7H16.CH4/c1-7-4-8(2)6-9(3)5-7;1-4-7(5-2)6-3;/h7-9H,4-6H2,1-3H3;7H,4-6H2,1-3H3;1H4. The van der Waals surface area contributed by atoms with E-state index in [2.05, 4.69) is 41.5 Å². The van der Waals surface area contributed by atoms with E-state index in [0.29, 0.717) is 0 Å². The van der Waals surface area contributed by atoms with Gasteiger partial charge in [0, 0.05) is 0 Å². The molecular formula is C17H38. The van der Waals surface area contributed by atoms with Crippen molar-refractivity contribution in [2.24, 2.45) is 23.7 Å². The maximum atomic E-state index is 2.38. The van der Waals surface area contributed by atoms with Crippen molar-refractivity contribution in [3.8, 4) is 0 Å².